The van der Waals surface area contributed by atoms with Gasteiger partial charge in [-0.15, -0.1) is 0 Å². The quantitative estimate of drug-likeness (QED) is 0.911. The summed E-state index contributed by atoms with van der Waals surface area (Å²) in [4.78, 5) is 2.44. The van der Waals surface area contributed by atoms with E-state index in [-0.39, 0.29) is 11.6 Å². The molecule has 5 heteroatoms. The molecule has 0 spiro atoms. The SMILES string of the molecule is Cc1ccc(NC2CCN(C3CC3)C2)cc1C(F)(F)F. The topological polar surface area (TPSA) is 15.3 Å². The van der Waals surface area contributed by atoms with Crippen molar-refractivity contribution in [2.24, 2.45) is 0 Å². The van der Waals surface area contributed by atoms with Gasteiger partial charge in [-0.2, -0.15) is 13.2 Å². The molecule has 0 radical (unpaired) electrons. The molecule has 2 aliphatic rings. The summed E-state index contributed by atoms with van der Waals surface area (Å²) in [6, 6.07) is 5.50. The van der Waals surface area contributed by atoms with Gasteiger partial charge < -0.3 is 5.32 Å². The molecule has 1 saturated carbocycles. The molecular formula is C15H19F3N2. The fraction of sp³-hybridized carbons (Fsp3) is 0.600. The van der Waals surface area contributed by atoms with Crippen molar-refractivity contribution in [1.29, 1.82) is 0 Å². The van der Waals surface area contributed by atoms with Crippen LogP contribution in [-0.2, 0) is 6.18 Å². The van der Waals surface area contributed by atoms with E-state index in [9.17, 15) is 13.2 Å². The fourth-order valence-corrected chi connectivity index (χ4v) is 2.93. The molecule has 1 aliphatic heterocycles. The third-order valence-electron chi connectivity index (χ3n) is 4.20. The van der Waals surface area contributed by atoms with E-state index in [1.54, 1.807) is 12.1 Å². The molecule has 0 bridgehead atoms. The van der Waals surface area contributed by atoms with Crippen molar-refractivity contribution < 1.29 is 13.2 Å². The molecule has 1 aromatic carbocycles. The minimum atomic E-state index is -4.28. The minimum Gasteiger partial charge on any atom is -0.381 e. The maximum atomic E-state index is 12.9. The Morgan fingerprint density at radius 2 is 1.95 bits per heavy atom. The Kier molecular flexibility index (Phi) is 3.40. The van der Waals surface area contributed by atoms with E-state index in [2.05, 4.69) is 10.2 Å². The highest BCUT2D eigenvalue weighted by atomic mass is 19.4. The maximum Gasteiger partial charge on any atom is 0.416 e. The van der Waals surface area contributed by atoms with Crippen LogP contribution >= 0.6 is 0 Å². The van der Waals surface area contributed by atoms with E-state index in [4.69, 9.17) is 0 Å². The smallest absolute Gasteiger partial charge is 0.381 e. The molecule has 1 N–H and O–H groups in total. The van der Waals surface area contributed by atoms with Gasteiger partial charge in [0.25, 0.3) is 0 Å². The van der Waals surface area contributed by atoms with Crippen LogP contribution in [0.25, 0.3) is 0 Å². The van der Waals surface area contributed by atoms with Gasteiger partial charge in [-0.1, -0.05) is 6.07 Å². The third-order valence-corrected chi connectivity index (χ3v) is 4.20. The summed E-state index contributed by atoms with van der Waals surface area (Å²) in [5.74, 6) is 0. The summed E-state index contributed by atoms with van der Waals surface area (Å²) >= 11 is 0. The van der Waals surface area contributed by atoms with Gasteiger partial charge in [0.1, 0.15) is 0 Å². The summed E-state index contributed by atoms with van der Waals surface area (Å²) < 4.78 is 38.6. The molecule has 0 amide bonds. The Hall–Kier alpha value is -1.23. The summed E-state index contributed by atoms with van der Waals surface area (Å²) in [5, 5.41) is 3.25. The molecule has 2 fully saturated rings. The zero-order valence-electron chi connectivity index (χ0n) is 11.5. The maximum absolute atomic E-state index is 12.9. The molecule has 0 aromatic heterocycles. The Bertz CT molecular complexity index is 494. The first-order chi connectivity index (χ1) is 9.43. The van der Waals surface area contributed by atoms with Gasteiger partial charge in [0.15, 0.2) is 0 Å². The normalized spacial score (nSPS) is 24.1. The van der Waals surface area contributed by atoms with Gasteiger partial charge >= 0.3 is 6.18 Å². The summed E-state index contributed by atoms with van der Waals surface area (Å²) in [7, 11) is 0. The summed E-state index contributed by atoms with van der Waals surface area (Å²) in [5.41, 5.74) is 0.305. The van der Waals surface area contributed by atoms with Crippen LogP contribution < -0.4 is 5.32 Å². The van der Waals surface area contributed by atoms with E-state index >= 15 is 0 Å². The monoisotopic (exact) mass is 284 g/mol. The van der Waals surface area contributed by atoms with Crippen molar-refractivity contribution in [3.63, 3.8) is 0 Å². The van der Waals surface area contributed by atoms with Crippen molar-refractivity contribution in [2.75, 3.05) is 18.4 Å². The molecule has 3 rings (SSSR count). The van der Waals surface area contributed by atoms with Gasteiger partial charge in [-0.3, -0.25) is 4.90 Å². The lowest BCUT2D eigenvalue weighted by atomic mass is 10.1. The number of rotatable bonds is 3. The number of nitrogens with zero attached hydrogens (tertiary/aromatic N) is 1. The van der Waals surface area contributed by atoms with E-state index < -0.39 is 11.7 Å². The van der Waals surface area contributed by atoms with Gasteiger partial charge in [0.05, 0.1) is 5.56 Å². The highest BCUT2D eigenvalue weighted by Crippen LogP contribution is 2.34. The second kappa shape index (κ2) is 4.95. The average molecular weight is 284 g/mol. The zero-order valence-corrected chi connectivity index (χ0v) is 11.5. The molecule has 1 aliphatic carbocycles. The molecule has 1 unspecified atom stereocenters. The Morgan fingerprint density at radius 3 is 2.60 bits per heavy atom. The predicted molar refractivity (Wildman–Crippen MR) is 72.8 cm³/mol. The number of aryl methyl sites for hydroxylation is 1. The van der Waals surface area contributed by atoms with Crippen LogP contribution in [0, 0.1) is 6.92 Å². The Balaban J connectivity index is 1.68. The molecule has 20 heavy (non-hydrogen) atoms. The molecular weight excluding hydrogens is 265 g/mol. The van der Waals surface area contributed by atoms with E-state index in [0.717, 1.165) is 25.6 Å². The van der Waals surface area contributed by atoms with Crippen LogP contribution in [-0.4, -0.2) is 30.1 Å². The summed E-state index contributed by atoms with van der Waals surface area (Å²) in [6.07, 6.45) is -0.728. The number of nitrogens with one attached hydrogen (secondary N) is 1. The third kappa shape index (κ3) is 2.92. The van der Waals surface area contributed by atoms with Crippen LogP contribution in [0.3, 0.4) is 0 Å². The molecule has 1 heterocycles. The highest BCUT2D eigenvalue weighted by Gasteiger charge is 2.35. The lowest BCUT2D eigenvalue weighted by molar-refractivity contribution is -0.138. The number of anilines is 1. The number of likely N-dealkylation sites (tertiary alicyclic amines) is 1. The number of benzene rings is 1. The first kappa shape index (κ1) is 13.7. The number of hydrogen-bond donors (Lipinski definition) is 1. The Morgan fingerprint density at radius 1 is 1.20 bits per heavy atom. The number of hydrogen-bond acceptors (Lipinski definition) is 2. The first-order valence-electron chi connectivity index (χ1n) is 7.12. The second-order valence-corrected chi connectivity index (χ2v) is 5.88. The molecule has 1 aromatic rings. The van der Waals surface area contributed by atoms with Crippen molar-refractivity contribution in [1.82, 2.24) is 4.90 Å². The van der Waals surface area contributed by atoms with Gasteiger partial charge in [0.2, 0.25) is 0 Å². The van der Waals surface area contributed by atoms with Crippen LogP contribution in [0.5, 0.6) is 0 Å². The molecule has 2 nitrogen and oxygen atoms in total. The van der Waals surface area contributed by atoms with E-state index in [1.165, 1.54) is 25.8 Å². The molecule has 1 atom stereocenters. The van der Waals surface area contributed by atoms with E-state index in [1.807, 2.05) is 0 Å². The Labute approximate surface area is 117 Å². The van der Waals surface area contributed by atoms with Gasteiger partial charge in [0, 0.05) is 30.9 Å². The lowest BCUT2D eigenvalue weighted by Gasteiger charge is -2.18. The van der Waals surface area contributed by atoms with Crippen LogP contribution in [0.1, 0.15) is 30.4 Å². The first-order valence-corrected chi connectivity index (χ1v) is 7.12. The zero-order chi connectivity index (χ0) is 14.3. The van der Waals surface area contributed by atoms with Crippen molar-refractivity contribution in [2.45, 2.75) is 44.4 Å². The lowest BCUT2D eigenvalue weighted by Crippen LogP contribution is -2.27. The van der Waals surface area contributed by atoms with Crippen molar-refractivity contribution >= 4 is 5.69 Å². The number of halogens is 3. The van der Waals surface area contributed by atoms with Gasteiger partial charge in [-0.25, -0.2) is 0 Å². The minimum absolute atomic E-state index is 0.263. The second-order valence-electron chi connectivity index (χ2n) is 5.88. The highest BCUT2D eigenvalue weighted by molar-refractivity contribution is 5.50. The number of alkyl halides is 3. The fourth-order valence-electron chi connectivity index (χ4n) is 2.93. The largest absolute Gasteiger partial charge is 0.416 e. The molecule has 110 valence electrons. The van der Waals surface area contributed by atoms with Crippen LogP contribution in [0.4, 0.5) is 18.9 Å². The molecule has 1 saturated heterocycles. The van der Waals surface area contributed by atoms with Crippen molar-refractivity contribution in [3.05, 3.63) is 29.3 Å². The van der Waals surface area contributed by atoms with Crippen molar-refractivity contribution in [3.8, 4) is 0 Å². The van der Waals surface area contributed by atoms with Crippen LogP contribution in [0.2, 0.25) is 0 Å². The standard InChI is InChI=1S/C15H19F3N2/c1-10-2-3-11(8-14(10)15(16,17)18)19-12-6-7-20(9-12)13-4-5-13/h2-3,8,12-13,19H,4-7,9H2,1H3. The van der Waals surface area contributed by atoms with Gasteiger partial charge in [-0.05, 0) is 43.9 Å². The predicted octanol–water partition coefficient (Wildman–Crippen LogP) is 3.66. The van der Waals surface area contributed by atoms with E-state index in [0.29, 0.717) is 5.69 Å². The van der Waals surface area contributed by atoms with Crippen LogP contribution in [0.15, 0.2) is 18.2 Å². The summed E-state index contributed by atoms with van der Waals surface area (Å²) in [6.45, 7) is 3.50. The average Bonchev–Trinajstić information content (AvgIpc) is 3.12.